The first kappa shape index (κ1) is 24.3. The van der Waals surface area contributed by atoms with E-state index in [4.69, 9.17) is 4.74 Å². The number of amides is 1. The number of aliphatic hydroxyl groups excluding tert-OH is 1. The number of ether oxygens (including phenoxy) is 1. The molecule has 38 heavy (non-hydrogen) atoms. The van der Waals surface area contributed by atoms with Gasteiger partial charge in [0.2, 0.25) is 11.8 Å². The fraction of sp³-hybridized carbons (Fsp3) is 0.250. The van der Waals surface area contributed by atoms with Crippen LogP contribution in [0.3, 0.4) is 0 Å². The van der Waals surface area contributed by atoms with E-state index in [0.29, 0.717) is 38.6 Å². The highest BCUT2D eigenvalue weighted by Gasteiger charge is 2.33. The largest absolute Gasteiger partial charge is 0.475 e. The Kier molecular flexibility index (Phi) is 6.90. The number of nitrogens with zero attached hydrogens (tertiary/aromatic N) is 3. The SMILES string of the molecule is O=C(C1c2ccccc2C=Cc2ccccc21)N1CCN(CC(O)COc2ccc3ccccc3n2)CC1. The number of piperazine rings is 1. The normalized spacial score (nSPS) is 16.5. The zero-order chi connectivity index (χ0) is 25.9. The van der Waals surface area contributed by atoms with E-state index >= 15 is 0 Å². The second-order valence-corrected chi connectivity index (χ2v) is 9.96. The quantitative estimate of drug-likeness (QED) is 0.420. The molecule has 192 valence electrons. The second-order valence-electron chi connectivity index (χ2n) is 9.96. The minimum Gasteiger partial charge on any atom is -0.475 e. The summed E-state index contributed by atoms with van der Waals surface area (Å²) in [4.78, 5) is 22.6. The average molecular weight is 506 g/mol. The van der Waals surface area contributed by atoms with E-state index in [1.165, 1.54) is 0 Å². The Bertz CT molecular complexity index is 1430. The highest BCUT2D eigenvalue weighted by Crippen LogP contribution is 2.36. The number of carbonyl (C=O) groups is 1. The van der Waals surface area contributed by atoms with E-state index in [2.05, 4.69) is 46.3 Å². The van der Waals surface area contributed by atoms with Crippen molar-refractivity contribution in [2.75, 3.05) is 39.3 Å². The van der Waals surface area contributed by atoms with Gasteiger partial charge in [0.15, 0.2) is 0 Å². The predicted octanol–water partition coefficient (Wildman–Crippen LogP) is 4.43. The monoisotopic (exact) mass is 505 g/mol. The van der Waals surface area contributed by atoms with Crippen molar-refractivity contribution in [3.8, 4) is 5.88 Å². The first-order valence-corrected chi connectivity index (χ1v) is 13.2. The van der Waals surface area contributed by atoms with Crippen molar-refractivity contribution in [2.45, 2.75) is 12.0 Å². The molecule has 2 heterocycles. The number of fused-ring (bicyclic) bond motifs is 3. The van der Waals surface area contributed by atoms with Crippen LogP contribution in [0.1, 0.15) is 28.2 Å². The molecule has 4 aromatic rings. The molecule has 1 saturated heterocycles. The molecule has 0 saturated carbocycles. The maximum absolute atomic E-state index is 13.9. The fourth-order valence-electron chi connectivity index (χ4n) is 5.46. The van der Waals surface area contributed by atoms with Gasteiger partial charge in [-0.05, 0) is 34.4 Å². The zero-order valence-corrected chi connectivity index (χ0v) is 21.2. The number of rotatable bonds is 6. The van der Waals surface area contributed by atoms with Crippen LogP contribution in [0, 0.1) is 0 Å². The van der Waals surface area contributed by atoms with Gasteiger partial charge in [-0.1, -0.05) is 78.9 Å². The Balaban J connectivity index is 1.07. The topological polar surface area (TPSA) is 65.9 Å². The van der Waals surface area contributed by atoms with Crippen molar-refractivity contribution in [3.05, 3.63) is 107 Å². The summed E-state index contributed by atoms with van der Waals surface area (Å²) in [5.74, 6) is 0.327. The third kappa shape index (κ3) is 5.05. The van der Waals surface area contributed by atoms with E-state index in [1.54, 1.807) is 0 Å². The van der Waals surface area contributed by atoms with Crippen molar-refractivity contribution in [2.24, 2.45) is 0 Å². The molecule has 2 aliphatic rings. The average Bonchev–Trinajstić information content (AvgIpc) is 3.13. The molecule has 0 radical (unpaired) electrons. The molecule has 3 aromatic carbocycles. The Labute approximate surface area is 222 Å². The number of hydrogen-bond acceptors (Lipinski definition) is 5. The molecule has 1 amide bonds. The van der Waals surface area contributed by atoms with E-state index in [1.807, 2.05) is 65.6 Å². The van der Waals surface area contributed by atoms with Gasteiger partial charge in [0.1, 0.15) is 12.7 Å². The number of hydrogen-bond donors (Lipinski definition) is 1. The first-order valence-electron chi connectivity index (χ1n) is 13.2. The molecule has 1 aliphatic carbocycles. The summed E-state index contributed by atoms with van der Waals surface area (Å²) in [6.45, 7) is 3.36. The standard InChI is InChI=1S/C32H31N3O3/c36-26(22-38-30-16-15-25-9-3-6-12-29(25)33-30)21-34-17-19-35(20-18-34)32(37)31-27-10-4-1-7-23(27)13-14-24-8-2-5-11-28(24)31/h1-16,26,31,36H,17-22H2. The summed E-state index contributed by atoms with van der Waals surface area (Å²) in [5.41, 5.74) is 5.15. The fourth-order valence-corrected chi connectivity index (χ4v) is 5.46. The molecule has 1 aliphatic heterocycles. The van der Waals surface area contributed by atoms with E-state index in [9.17, 15) is 9.90 Å². The van der Waals surface area contributed by atoms with Gasteiger partial charge in [0.05, 0.1) is 11.4 Å². The number of carbonyl (C=O) groups excluding carboxylic acids is 1. The van der Waals surface area contributed by atoms with Crippen LogP contribution in [0.4, 0.5) is 0 Å². The molecule has 0 bridgehead atoms. The molecule has 1 fully saturated rings. The van der Waals surface area contributed by atoms with Crippen LogP contribution >= 0.6 is 0 Å². The van der Waals surface area contributed by atoms with Gasteiger partial charge in [0, 0.05) is 44.2 Å². The van der Waals surface area contributed by atoms with Crippen molar-refractivity contribution in [1.82, 2.24) is 14.8 Å². The lowest BCUT2D eigenvalue weighted by molar-refractivity contribution is -0.133. The van der Waals surface area contributed by atoms with Gasteiger partial charge < -0.3 is 14.7 Å². The summed E-state index contributed by atoms with van der Waals surface area (Å²) in [6.07, 6.45) is 3.57. The molecule has 1 N–H and O–H groups in total. The molecule has 1 aromatic heterocycles. The molecule has 6 heteroatoms. The third-order valence-electron chi connectivity index (χ3n) is 7.45. The van der Waals surface area contributed by atoms with E-state index in [-0.39, 0.29) is 18.4 Å². The summed E-state index contributed by atoms with van der Waals surface area (Å²) in [6, 6.07) is 28.0. The third-order valence-corrected chi connectivity index (χ3v) is 7.45. The summed E-state index contributed by atoms with van der Waals surface area (Å²) in [7, 11) is 0. The summed E-state index contributed by atoms with van der Waals surface area (Å²) < 4.78 is 5.78. The number of para-hydroxylation sites is 1. The highest BCUT2D eigenvalue weighted by molar-refractivity contribution is 5.92. The molecular formula is C32H31N3O3. The number of aromatic nitrogens is 1. The van der Waals surface area contributed by atoms with Crippen LogP contribution in [0.15, 0.2) is 84.9 Å². The lowest BCUT2D eigenvalue weighted by atomic mass is 9.86. The maximum Gasteiger partial charge on any atom is 0.234 e. The van der Waals surface area contributed by atoms with Crippen molar-refractivity contribution >= 4 is 29.0 Å². The van der Waals surface area contributed by atoms with Crippen LogP contribution in [-0.2, 0) is 4.79 Å². The van der Waals surface area contributed by atoms with Crippen LogP contribution in [0.25, 0.3) is 23.1 Å². The lowest BCUT2D eigenvalue weighted by Crippen LogP contribution is -2.52. The molecule has 0 spiro atoms. The predicted molar refractivity (Wildman–Crippen MR) is 150 cm³/mol. The number of aliphatic hydroxyl groups is 1. The van der Waals surface area contributed by atoms with E-state index < -0.39 is 6.10 Å². The van der Waals surface area contributed by atoms with Gasteiger partial charge in [-0.3, -0.25) is 9.69 Å². The molecule has 6 nitrogen and oxygen atoms in total. The number of pyridine rings is 1. The van der Waals surface area contributed by atoms with Crippen LogP contribution in [0.5, 0.6) is 5.88 Å². The Hall–Kier alpha value is -4.00. The summed E-state index contributed by atoms with van der Waals surface area (Å²) >= 11 is 0. The lowest BCUT2D eigenvalue weighted by Gasteiger charge is -2.37. The van der Waals surface area contributed by atoms with Gasteiger partial charge in [-0.2, -0.15) is 0 Å². The summed E-state index contributed by atoms with van der Waals surface area (Å²) in [5, 5.41) is 11.7. The van der Waals surface area contributed by atoms with Crippen molar-refractivity contribution < 1.29 is 14.6 Å². The van der Waals surface area contributed by atoms with Gasteiger partial charge in [0.25, 0.3) is 0 Å². The van der Waals surface area contributed by atoms with Gasteiger partial charge in [-0.25, -0.2) is 4.98 Å². The Morgan fingerprint density at radius 1 is 0.842 bits per heavy atom. The molecular weight excluding hydrogens is 474 g/mol. The van der Waals surface area contributed by atoms with Crippen LogP contribution < -0.4 is 4.74 Å². The van der Waals surface area contributed by atoms with Crippen LogP contribution in [0.2, 0.25) is 0 Å². The second kappa shape index (κ2) is 10.8. The number of benzene rings is 3. The van der Waals surface area contributed by atoms with Crippen LogP contribution in [-0.4, -0.2) is 71.2 Å². The van der Waals surface area contributed by atoms with Crippen molar-refractivity contribution in [1.29, 1.82) is 0 Å². The van der Waals surface area contributed by atoms with Gasteiger partial charge in [-0.15, -0.1) is 0 Å². The molecule has 1 atom stereocenters. The van der Waals surface area contributed by atoms with Gasteiger partial charge >= 0.3 is 0 Å². The first-order chi connectivity index (χ1) is 18.7. The minimum atomic E-state index is -0.641. The highest BCUT2D eigenvalue weighted by atomic mass is 16.5. The van der Waals surface area contributed by atoms with E-state index in [0.717, 1.165) is 33.2 Å². The van der Waals surface area contributed by atoms with Crippen molar-refractivity contribution in [3.63, 3.8) is 0 Å². The minimum absolute atomic E-state index is 0.138. The smallest absolute Gasteiger partial charge is 0.234 e. The Morgan fingerprint density at radius 2 is 1.47 bits per heavy atom. The maximum atomic E-state index is 13.9. The number of β-amino-alcohol motifs (C(OH)–C–C–N with tert-alkyl or cyclic N) is 1. The molecule has 6 rings (SSSR count). The Morgan fingerprint density at radius 3 is 2.18 bits per heavy atom. The zero-order valence-electron chi connectivity index (χ0n) is 21.2. The molecule has 1 unspecified atom stereocenters.